The highest BCUT2D eigenvalue weighted by atomic mass is 32.2. The Morgan fingerprint density at radius 2 is 2.11 bits per heavy atom. The highest BCUT2D eigenvalue weighted by molar-refractivity contribution is 7.99. The Morgan fingerprint density at radius 3 is 2.95 bits per heavy atom. The number of rotatable bonds is 1. The number of hydrogen-bond donors (Lipinski definition) is 1. The molecule has 0 bridgehead atoms. The highest BCUT2D eigenvalue weighted by Gasteiger charge is 2.25. The third kappa shape index (κ3) is 2.81. The molecule has 2 heterocycles. The molecule has 2 amide bonds. The number of para-hydroxylation sites is 1. The number of urea groups is 1. The Labute approximate surface area is 117 Å². The van der Waals surface area contributed by atoms with Crippen molar-refractivity contribution in [2.45, 2.75) is 12.5 Å². The van der Waals surface area contributed by atoms with Crippen LogP contribution < -0.4 is 10.1 Å². The fraction of sp³-hybridized carbons (Fsp3) is 0.500. The lowest BCUT2D eigenvalue weighted by molar-refractivity contribution is 0.191. The number of benzene rings is 1. The zero-order valence-corrected chi connectivity index (χ0v) is 11.6. The number of carbonyl (C=O) groups excluding carboxylic acids is 1. The molecular weight excluding hydrogens is 260 g/mol. The van der Waals surface area contributed by atoms with Crippen molar-refractivity contribution in [3.63, 3.8) is 0 Å². The van der Waals surface area contributed by atoms with Gasteiger partial charge in [-0.05, 0) is 6.07 Å². The summed E-state index contributed by atoms with van der Waals surface area (Å²) in [5, 5.41) is 3.14. The summed E-state index contributed by atoms with van der Waals surface area (Å²) in [6.07, 6.45) is 0.839. The van der Waals surface area contributed by atoms with Crippen molar-refractivity contribution in [2.75, 3.05) is 31.2 Å². The van der Waals surface area contributed by atoms with Crippen LogP contribution in [0.3, 0.4) is 0 Å². The Balaban J connectivity index is 1.68. The van der Waals surface area contributed by atoms with E-state index in [0.29, 0.717) is 6.61 Å². The second-order valence-electron chi connectivity index (χ2n) is 4.78. The summed E-state index contributed by atoms with van der Waals surface area (Å²) in [4.78, 5) is 14.2. The minimum atomic E-state index is 0.0574. The van der Waals surface area contributed by atoms with Crippen molar-refractivity contribution >= 4 is 17.8 Å². The lowest BCUT2D eigenvalue weighted by atomic mass is 10.0. The van der Waals surface area contributed by atoms with Gasteiger partial charge in [0.2, 0.25) is 0 Å². The maximum atomic E-state index is 12.2. The van der Waals surface area contributed by atoms with E-state index in [0.717, 1.165) is 42.3 Å². The van der Waals surface area contributed by atoms with Crippen molar-refractivity contribution < 1.29 is 9.53 Å². The molecule has 2 aliphatic rings. The van der Waals surface area contributed by atoms with Crippen molar-refractivity contribution in [3.8, 4) is 5.75 Å². The van der Waals surface area contributed by atoms with E-state index < -0.39 is 0 Å². The molecule has 0 radical (unpaired) electrons. The van der Waals surface area contributed by atoms with E-state index >= 15 is 0 Å². The maximum absolute atomic E-state index is 12.2. The Kier molecular flexibility index (Phi) is 3.82. The van der Waals surface area contributed by atoms with Crippen LogP contribution in [0.4, 0.5) is 4.79 Å². The largest absolute Gasteiger partial charge is 0.493 e. The number of ether oxygens (including phenoxy) is 1. The first kappa shape index (κ1) is 12.7. The molecule has 0 aromatic heterocycles. The van der Waals surface area contributed by atoms with E-state index in [2.05, 4.69) is 5.32 Å². The minimum Gasteiger partial charge on any atom is -0.493 e. The average molecular weight is 278 g/mol. The van der Waals surface area contributed by atoms with Gasteiger partial charge in [-0.1, -0.05) is 18.2 Å². The van der Waals surface area contributed by atoms with Crippen molar-refractivity contribution in [1.29, 1.82) is 0 Å². The molecule has 102 valence electrons. The number of hydrogen-bond acceptors (Lipinski definition) is 3. The number of nitrogens with one attached hydrogen (secondary N) is 1. The van der Waals surface area contributed by atoms with Gasteiger partial charge in [0.25, 0.3) is 0 Å². The van der Waals surface area contributed by atoms with Crippen LogP contribution in [0.2, 0.25) is 0 Å². The van der Waals surface area contributed by atoms with Gasteiger partial charge in [0.1, 0.15) is 5.75 Å². The first-order valence-electron chi connectivity index (χ1n) is 6.69. The fourth-order valence-electron chi connectivity index (χ4n) is 2.50. The Morgan fingerprint density at radius 1 is 1.32 bits per heavy atom. The number of nitrogens with zero attached hydrogens (tertiary/aromatic N) is 1. The van der Waals surface area contributed by atoms with Crippen LogP contribution in [0, 0.1) is 0 Å². The zero-order chi connectivity index (χ0) is 13.1. The van der Waals surface area contributed by atoms with Gasteiger partial charge in [0.15, 0.2) is 0 Å². The van der Waals surface area contributed by atoms with E-state index in [1.165, 1.54) is 0 Å². The van der Waals surface area contributed by atoms with Crippen LogP contribution in [0.1, 0.15) is 18.0 Å². The molecule has 1 aromatic rings. The molecule has 0 aliphatic carbocycles. The molecule has 1 fully saturated rings. The molecule has 0 spiro atoms. The SMILES string of the molecule is O=C(N[C@@H]1CCOc2ccccc21)N1CCSCC1. The minimum absolute atomic E-state index is 0.0574. The second kappa shape index (κ2) is 5.74. The summed E-state index contributed by atoms with van der Waals surface area (Å²) in [5.74, 6) is 2.98. The predicted octanol–water partition coefficient (Wildman–Crippen LogP) is 2.27. The van der Waals surface area contributed by atoms with Crippen LogP contribution in [0.15, 0.2) is 24.3 Å². The van der Waals surface area contributed by atoms with E-state index in [1.807, 2.05) is 40.9 Å². The van der Waals surface area contributed by atoms with Gasteiger partial charge in [-0.25, -0.2) is 4.79 Å². The maximum Gasteiger partial charge on any atom is 0.317 e. The fourth-order valence-corrected chi connectivity index (χ4v) is 3.40. The Bertz CT molecular complexity index is 461. The first-order valence-corrected chi connectivity index (χ1v) is 7.85. The number of carbonyl (C=O) groups is 1. The molecule has 1 aromatic carbocycles. The number of thioether (sulfide) groups is 1. The van der Waals surface area contributed by atoms with Crippen molar-refractivity contribution in [3.05, 3.63) is 29.8 Å². The van der Waals surface area contributed by atoms with Crippen LogP contribution in [0.25, 0.3) is 0 Å². The second-order valence-corrected chi connectivity index (χ2v) is 6.00. The summed E-state index contributed by atoms with van der Waals surface area (Å²) in [6, 6.07) is 8.08. The van der Waals surface area contributed by atoms with Gasteiger partial charge in [0.05, 0.1) is 12.6 Å². The van der Waals surface area contributed by atoms with Gasteiger partial charge in [0, 0.05) is 36.6 Å². The molecule has 19 heavy (non-hydrogen) atoms. The smallest absolute Gasteiger partial charge is 0.317 e. The van der Waals surface area contributed by atoms with E-state index in [9.17, 15) is 4.79 Å². The molecule has 4 nitrogen and oxygen atoms in total. The molecule has 1 N–H and O–H groups in total. The molecular formula is C14H18N2O2S. The normalized spacial score (nSPS) is 22.3. The summed E-state index contributed by atoms with van der Waals surface area (Å²) in [6.45, 7) is 2.36. The summed E-state index contributed by atoms with van der Waals surface area (Å²) in [5.41, 5.74) is 1.09. The van der Waals surface area contributed by atoms with Gasteiger partial charge in [-0.3, -0.25) is 0 Å². The van der Waals surface area contributed by atoms with E-state index in [4.69, 9.17) is 4.74 Å². The van der Waals surface area contributed by atoms with Crippen molar-refractivity contribution in [1.82, 2.24) is 10.2 Å². The monoisotopic (exact) mass is 278 g/mol. The number of fused-ring (bicyclic) bond motifs is 1. The van der Waals surface area contributed by atoms with Gasteiger partial charge < -0.3 is 15.0 Å². The van der Waals surface area contributed by atoms with Crippen molar-refractivity contribution in [2.24, 2.45) is 0 Å². The summed E-state index contributed by atoms with van der Waals surface area (Å²) < 4.78 is 5.61. The van der Waals surface area contributed by atoms with Gasteiger partial charge >= 0.3 is 6.03 Å². The summed E-state index contributed by atoms with van der Waals surface area (Å²) >= 11 is 1.91. The molecule has 0 saturated carbocycles. The first-order chi connectivity index (χ1) is 9.34. The third-order valence-electron chi connectivity index (χ3n) is 3.55. The van der Waals surface area contributed by atoms with Crippen LogP contribution in [0.5, 0.6) is 5.75 Å². The Hall–Kier alpha value is -1.36. The molecule has 5 heteroatoms. The zero-order valence-electron chi connectivity index (χ0n) is 10.8. The molecule has 1 saturated heterocycles. The highest BCUT2D eigenvalue weighted by Crippen LogP contribution is 2.31. The topological polar surface area (TPSA) is 41.6 Å². The summed E-state index contributed by atoms with van der Waals surface area (Å²) in [7, 11) is 0. The van der Waals surface area contributed by atoms with Crippen LogP contribution >= 0.6 is 11.8 Å². The average Bonchev–Trinajstić information content (AvgIpc) is 2.48. The number of amides is 2. The molecule has 2 aliphatic heterocycles. The lowest BCUT2D eigenvalue weighted by Crippen LogP contribution is -2.46. The van der Waals surface area contributed by atoms with E-state index in [1.54, 1.807) is 0 Å². The third-order valence-corrected chi connectivity index (χ3v) is 4.50. The van der Waals surface area contributed by atoms with Gasteiger partial charge in [-0.15, -0.1) is 0 Å². The molecule has 1 atom stereocenters. The van der Waals surface area contributed by atoms with Gasteiger partial charge in [-0.2, -0.15) is 11.8 Å². The quantitative estimate of drug-likeness (QED) is 0.857. The van der Waals surface area contributed by atoms with E-state index in [-0.39, 0.29) is 12.1 Å². The van der Waals surface area contributed by atoms with Crippen LogP contribution in [-0.2, 0) is 0 Å². The molecule has 3 rings (SSSR count). The molecule has 0 unspecified atom stereocenters. The predicted molar refractivity (Wildman–Crippen MR) is 76.7 cm³/mol. The standard InChI is InChI=1S/C14H18N2O2S/c17-14(16-6-9-19-10-7-16)15-12-5-8-18-13-4-2-1-3-11(12)13/h1-4,12H,5-10H2,(H,15,17)/t12-/m1/s1. The van der Waals surface area contributed by atoms with Crippen LogP contribution in [-0.4, -0.2) is 42.1 Å². The lowest BCUT2D eigenvalue weighted by Gasteiger charge is -2.31.